The molecule has 0 aliphatic heterocycles. The van der Waals surface area contributed by atoms with Crippen LogP contribution in [0.15, 0.2) is 48.6 Å². The van der Waals surface area contributed by atoms with E-state index >= 15 is 0 Å². The summed E-state index contributed by atoms with van der Waals surface area (Å²) in [5.74, 6) is -1.11. The number of hydrogen-bond acceptors (Lipinski definition) is 11. The number of carbonyl (C=O) groups is 2. The number of carbonyl (C=O) groups excluding carboxylic acids is 2. The summed E-state index contributed by atoms with van der Waals surface area (Å²) in [7, 11) is -9.70. The molecule has 4 atom stereocenters. The van der Waals surface area contributed by atoms with Gasteiger partial charge in [-0.05, 0) is 51.4 Å². The van der Waals surface area contributed by atoms with Crippen LogP contribution in [-0.2, 0) is 41.8 Å². The van der Waals surface area contributed by atoms with Crippen LogP contribution in [0.25, 0.3) is 0 Å². The van der Waals surface area contributed by atoms with Crippen molar-refractivity contribution >= 4 is 27.6 Å². The highest BCUT2D eigenvalue weighted by atomic mass is 31.2. The molecule has 350 valence electrons. The third-order valence-electron chi connectivity index (χ3n) is 9.27. The predicted molar refractivity (Wildman–Crippen MR) is 236 cm³/mol. The minimum Gasteiger partial charge on any atom is -0.462 e. The van der Waals surface area contributed by atoms with Gasteiger partial charge in [0.15, 0.2) is 6.10 Å². The van der Waals surface area contributed by atoms with E-state index < -0.39 is 66.2 Å². The van der Waals surface area contributed by atoms with Crippen LogP contribution in [0.3, 0.4) is 0 Å². The van der Waals surface area contributed by atoms with Crippen molar-refractivity contribution in [2.75, 3.05) is 26.4 Å². The Balaban J connectivity index is 4.61. The highest BCUT2D eigenvalue weighted by molar-refractivity contribution is 7.47. The number of unbranched alkanes of at least 4 members (excludes halogenated alkanes) is 15. The molecule has 0 heterocycles. The topological polar surface area (TPSA) is 216 Å². The first-order chi connectivity index (χ1) is 28.8. The Morgan fingerprint density at radius 2 is 0.983 bits per heavy atom. The molecule has 16 heteroatoms. The lowest BCUT2D eigenvalue weighted by molar-refractivity contribution is -0.161. The number of aliphatic hydroxyl groups is 2. The number of phosphoric ester groups is 2. The maximum absolute atomic E-state index is 12.6. The third-order valence-corrected chi connectivity index (χ3v) is 10.7. The maximum atomic E-state index is 12.6. The second kappa shape index (κ2) is 39.9. The fraction of sp³-hybridized carbons (Fsp3) is 0.773. The quantitative estimate of drug-likeness (QED) is 0.0167. The molecule has 60 heavy (non-hydrogen) atoms. The molecule has 0 aliphatic rings. The minimum absolute atomic E-state index is 0.0413. The SMILES string of the molecule is CCCCCCCCCCCCCCCCCC(=O)OC[C@H](COP(=O)(O)OC[C@@H](O)COP(=O)(O)O)OC(=O)CCC/C=C\C/C=C\C/C=C\C/C=C\CC(O)CCC. The molecule has 0 aromatic heterocycles. The van der Waals surface area contributed by atoms with Gasteiger partial charge in [0.2, 0.25) is 0 Å². The zero-order valence-corrected chi connectivity index (χ0v) is 38.5. The summed E-state index contributed by atoms with van der Waals surface area (Å²) in [5, 5.41) is 19.5. The van der Waals surface area contributed by atoms with Gasteiger partial charge in [-0.1, -0.05) is 159 Å². The average Bonchev–Trinajstić information content (AvgIpc) is 3.20. The minimum atomic E-state index is -4.87. The first-order valence-corrected chi connectivity index (χ1v) is 25.4. The third kappa shape index (κ3) is 42.7. The first kappa shape index (κ1) is 58.0. The van der Waals surface area contributed by atoms with Gasteiger partial charge in [0.25, 0.3) is 0 Å². The van der Waals surface area contributed by atoms with E-state index in [0.717, 1.165) is 51.4 Å². The second-order valence-electron chi connectivity index (χ2n) is 15.2. The van der Waals surface area contributed by atoms with Crippen molar-refractivity contribution in [3.63, 3.8) is 0 Å². The van der Waals surface area contributed by atoms with Crippen molar-refractivity contribution in [1.29, 1.82) is 0 Å². The van der Waals surface area contributed by atoms with Gasteiger partial charge in [-0.15, -0.1) is 0 Å². The zero-order valence-electron chi connectivity index (χ0n) is 36.7. The molecule has 5 N–H and O–H groups in total. The molecule has 14 nitrogen and oxygen atoms in total. The molecule has 0 saturated carbocycles. The molecule has 0 amide bonds. The summed E-state index contributed by atoms with van der Waals surface area (Å²) >= 11 is 0. The van der Waals surface area contributed by atoms with Gasteiger partial charge in [-0.3, -0.25) is 23.2 Å². The van der Waals surface area contributed by atoms with E-state index in [4.69, 9.17) is 23.8 Å². The summed E-state index contributed by atoms with van der Waals surface area (Å²) in [6, 6.07) is 0. The number of rotatable bonds is 42. The normalized spacial score (nSPS) is 15.0. The highest BCUT2D eigenvalue weighted by Gasteiger charge is 2.28. The Labute approximate surface area is 361 Å². The molecule has 0 aromatic carbocycles. The van der Waals surface area contributed by atoms with Gasteiger partial charge in [0.1, 0.15) is 12.7 Å². The highest BCUT2D eigenvalue weighted by Crippen LogP contribution is 2.43. The number of phosphoric acid groups is 2. The Bertz CT molecular complexity index is 1270. The smallest absolute Gasteiger partial charge is 0.462 e. The predicted octanol–water partition coefficient (Wildman–Crippen LogP) is 10.4. The fourth-order valence-electron chi connectivity index (χ4n) is 5.89. The van der Waals surface area contributed by atoms with E-state index in [0.29, 0.717) is 25.7 Å². The Hall–Kier alpha value is -1.96. The lowest BCUT2D eigenvalue weighted by Crippen LogP contribution is -2.29. The van der Waals surface area contributed by atoms with Crippen LogP contribution in [0.2, 0.25) is 0 Å². The van der Waals surface area contributed by atoms with Crippen molar-refractivity contribution in [2.45, 2.75) is 193 Å². The van der Waals surface area contributed by atoms with Gasteiger partial charge < -0.3 is 34.4 Å². The summed E-state index contributed by atoms with van der Waals surface area (Å²) in [6.07, 6.45) is 37.4. The van der Waals surface area contributed by atoms with Gasteiger partial charge in [0, 0.05) is 12.8 Å². The van der Waals surface area contributed by atoms with Crippen LogP contribution in [0.1, 0.15) is 174 Å². The molecule has 0 bridgehead atoms. The molecule has 0 rings (SSSR count). The lowest BCUT2D eigenvalue weighted by Gasteiger charge is -2.20. The van der Waals surface area contributed by atoms with E-state index in [1.165, 1.54) is 70.6 Å². The van der Waals surface area contributed by atoms with Gasteiger partial charge in [-0.2, -0.15) is 0 Å². The van der Waals surface area contributed by atoms with Crippen molar-refractivity contribution in [2.24, 2.45) is 0 Å². The van der Waals surface area contributed by atoms with Crippen LogP contribution in [0.5, 0.6) is 0 Å². The Morgan fingerprint density at radius 1 is 0.517 bits per heavy atom. The number of ether oxygens (including phenoxy) is 2. The van der Waals surface area contributed by atoms with Gasteiger partial charge in [0.05, 0.1) is 25.9 Å². The van der Waals surface area contributed by atoms with E-state index in [-0.39, 0.29) is 18.9 Å². The number of allylic oxidation sites excluding steroid dienone is 7. The molecular formula is C44H80O14P2. The van der Waals surface area contributed by atoms with Crippen molar-refractivity contribution < 1.29 is 66.7 Å². The number of aliphatic hydroxyl groups excluding tert-OH is 2. The summed E-state index contributed by atoms with van der Waals surface area (Å²) in [5.41, 5.74) is 0. The zero-order chi connectivity index (χ0) is 44.6. The lowest BCUT2D eigenvalue weighted by atomic mass is 10.0. The first-order valence-electron chi connectivity index (χ1n) is 22.4. The van der Waals surface area contributed by atoms with Crippen LogP contribution in [-0.4, -0.2) is 81.6 Å². The maximum Gasteiger partial charge on any atom is 0.472 e. The largest absolute Gasteiger partial charge is 0.472 e. The molecule has 0 fully saturated rings. The van der Waals surface area contributed by atoms with Gasteiger partial charge >= 0.3 is 27.6 Å². The molecule has 2 unspecified atom stereocenters. The second-order valence-corrected chi connectivity index (χ2v) is 17.9. The fourth-order valence-corrected chi connectivity index (χ4v) is 7.04. The van der Waals surface area contributed by atoms with Crippen molar-refractivity contribution in [3.8, 4) is 0 Å². The van der Waals surface area contributed by atoms with E-state index in [1.54, 1.807) is 0 Å². The van der Waals surface area contributed by atoms with Crippen LogP contribution >= 0.6 is 15.6 Å². The molecule has 0 aliphatic carbocycles. The van der Waals surface area contributed by atoms with Crippen molar-refractivity contribution in [1.82, 2.24) is 0 Å². The molecular weight excluding hydrogens is 814 g/mol. The molecule has 0 aromatic rings. The number of esters is 2. The van der Waals surface area contributed by atoms with E-state index in [9.17, 15) is 33.8 Å². The van der Waals surface area contributed by atoms with Crippen LogP contribution in [0.4, 0.5) is 0 Å². The van der Waals surface area contributed by atoms with E-state index in [1.807, 2.05) is 18.2 Å². The number of hydrogen-bond donors (Lipinski definition) is 5. The van der Waals surface area contributed by atoms with E-state index in [2.05, 4.69) is 53.3 Å². The summed E-state index contributed by atoms with van der Waals surface area (Å²) in [6.45, 7) is 1.50. The molecule has 0 saturated heterocycles. The monoisotopic (exact) mass is 895 g/mol. The summed E-state index contributed by atoms with van der Waals surface area (Å²) < 4.78 is 47.7. The van der Waals surface area contributed by atoms with Gasteiger partial charge in [-0.25, -0.2) is 9.13 Å². The van der Waals surface area contributed by atoms with Crippen LogP contribution in [0, 0.1) is 0 Å². The molecule has 0 radical (unpaired) electrons. The Morgan fingerprint density at radius 3 is 1.52 bits per heavy atom. The Kier molecular flexibility index (Phi) is 38.6. The van der Waals surface area contributed by atoms with Crippen LogP contribution < -0.4 is 0 Å². The standard InChI is InChI=1S/C44H80O14P2/c1-3-5-6-7-8-9-10-11-12-15-18-21-24-27-30-34-43(47)54-38-42(39-57-60(52,53)56-37-41(46)36-55-59(49,50)51)58-44(48)35-31-28-25-22-19-16-13-14-17-20-23-26-29-33-40(45)32-4-2/h13,16-17,20,22,25-26,29,40-42,45-46H,3-12,14-15,18-19,21,23-24,27-28,30-39H2,1-2H3,(H,52,53)(H2,49,50,51)/b16-13-,20-17-,25-22-,29-26-/t40?,41-,42+/m0/s1. The summed E-state index contributed by atoms with van der Waals surface area (Å²) in [4.78, 5) is 52.7. The van der Waals surface area contributed by atoms with Crippen molar-refractivity contribution in [3.05, 3.63) is 48.6 Å². The average molecular weight is 895 g/mol. The molecule has 0 spiro atoms.